The van der Waals surface area contributed by atoms with Crippen LogP contribution in [0.1, 0.15) is 13.8 Å². The number of likely N-dealkylation sites (N-methyl/N-ethyl adjacent to an activating group) is 1. The van der Waals surface area contributed by atoms with Crippen molar-refractivity contribution in [2.45, 2.75) is 25.0 Å². The molecule has 0 aromatic carbocycles. The lowest BCUT2D eigenvalue weighted by Crippen LogP contribution is -2.31. The van der Waals surface area contributed by atoms with Crippen LogP contribution in [-0.4, -0.2) is 54.4 Å². The summed E-state index contributed by atoms with van der Waals surface area (Å²) in [7, 11) is 4.15. The molecular weight excluding hydrogens is 246 g/mol. The first-order valence-corrected chi connectivity index (χ1v) is 7.36. The number of anilines is 2. The summed E-state index contributed by atoms with van der Waals surface area (Å²) in [6, 6.07) is 2.41. The Morgan fingerprint density at radius 3 is 2.39 bits per heavy atom. The molecule has 1 heterocycles. The van der Waals surface area contributed by atoms with Gasteiger partial charge in [-0.2, -0.15) is 0 Å². The van der Waals surface area contributed by atoms with Gasteiger partial charge in [0.25, 0.3) is 0 Å². The minimum Gasteiger partial charge on any atom is -0.370 e. The number of aromatic nitrogens is 2. The van der Waals surface area contributed by atoms with Crippen molar-refractivity contribution in [3.63, 3.8) is 0 Å². The second-order valence-electron chi connectivity index (χ2n) is 4.35. The predicted octanol–water partition coefficient (Wildman–Crippen LogP) is 1.99. The molecule has 0 aliphatic rings. The molecule has 5 nitrogen and oxygen atoms in total. The van der Waals surface area contributed by atoms with Gasteiger partial charge in [0.1, 0.15) is 11.6 Å². The Balaban J connectivity index is 2.71. The normalized spacial score (nSPS) is 12.6. The molecule has 18 heavy (non-hydrogen) atoms. The first-order chi connectivity index (χ1) is 8.56. The van der Waals surface area contributed by atoms with E-state index in [2.05, 4.69) is 53.4 Å². The van der Waals surface area contributed by atoms with Gasteiger partial charge in [0.15, 0.2) is 5.16 Å². The van der Waals surface area contributed by atoms with Gasteiger partial charge >= 0.3 is 0 Å². The molecule has 0 amide bonds. The van der Waals surface area contributed by atoms with Crippen LogP contribution in [-0.2, 0) is 0 Å². The van der Waals surface area contributed by atoms with Gasteiger partial charge in [-0.05, 0) is 34.2 Å². The molecule has 2 N–H and O–H groups in total. The maximum atomic E-state index is 4.45. The van der Waals surface area contributed by atoms with Gasteiger partial charge in [-0.3, -0.25) is 0 Å². The molecular formula is C12H23N5S. The molecule has 6 heteroatoms. The average molecular weight is 269 g/mol. The molecule has 1 unspecified atom stereocenters. The molecule has 0 aliphatic heterocycles. The number of nitrogens with one attached hydrogen (secondary N) is 2. The van der Waals surface area contributed by atoms with Crippen LogP contribution in [0, 0.1) is 0 Å². The van der Waals surface area contributed by atoms with Gasteiger partial charge in [0.05, 0.1) is 0 Å². The summed E-state index contributed by atoms with van der Waals surface area (Å²) in [5, 5.41) is 7.36. The zero-order chi connectivity index (χ0) is 13.5. The molecule has 0 spiro atoms. The molecule has 0 saturated heterocycles. The zero-order valence-electron chi connectivity index (χ0n) is 11.8. The van der Waals surface area contributed by atoms with Crippen molar-refractivity contribution in [3.8, 4) is 0 Å². The van der Waals surface area contributed by atoms with E-state index in [-0.39, 0.29) is 0 Å². The van der Waals surface area contributed by atoms with E-state index in [1.807, 2.05) is 12.3 Å². The summed E-state index contributed by atoms with van der Waals surface area (Å²) in [5.41, 5.74) is 0. The SMILES string of the molecule is CCNc1cc(NCC(C)N(C)C)nc(SC)n1. The molecule has 1 aromatic rings. The van der Waals surface area contributed by atoms with Crippen molar-refractivity contribution in [1.29, 1.82) is 0 Å². The molecule has 0 fully saturated rings. The Hall–Kier alpha value is -1.01. The maximum absolute atomic E-state index is 4.45. The molecule has 1 atom stereocenters. The molecule has 1 aromatic heterocycles. The van der Waals surface area contributed by atoms with Crippen molar-refractivity contribution in [1.82, 2.24) is 14.9 Å². The standard InChI is InChI=1S/C12H23N5S/c1-6-13-10-7-11(16-12(15-10)18-5)14-8-9(2)17(3)4/h7,9H,6,8H2,1-5H3,(H2,13,14,15,16). The largest absolute Gasteiger partial charge is 0.370 e. The fourth-order valence-electron chi connectivity index (χ4n) is 1.31. The van der Waals surface area contributed by atoms with E-state index in [4.69, 9.17) is 0 Å². The molecule has 1 rings (SSSR count). The molecule has 0 saturated carbocycles. The fourth-order valence-corrected chi connectivity index (χ4v) is 1.69. The minimum atomic E-state index is 0.459. The van der Waals surface area contributed by atoms with E-state index in [0.717, 1.165) is 29.9 Å². The third kappa shape index (κ3) is 4.70. The second-order valence-corrected chi connectivity index (χ2v) is 5.12. The van der Waals surface area contributed by atoms with Gasteiger partial charge in [-0.15, -0.1) is 0 Å². The second kappa shape index (κ2) is 7.43. The first kappa shape index (κ1) is 15.0. The van der Waals surface area contributed by atoms with Gasteiger partial charge in [0, 0.05) is 25.2 Å². The highest BCUT2D eigenvalue weighted by atomic mass is 32.2. The summed E-state index contributed by atoms with van der Waals surface area (Å²) in [6.45, 7) is 5.96. The highest BCUT2D eigenvalue weighted by Gasteiger charge is 2.07. The molecule has 0 aliphatic carbocycles. The van der Waals surface area contributed by atoms with E-state index >= 15 is 0 Å². The monoisotopic (exact) mass is 269 g/mol. The van der Waals surface area contributed by atoms with Crippen LogP contribution in [0.15, 0.2) is 11.2 Å². The van der Waals surface area contributed by atoms with Crippen LogP contribution < -0.4 is 10.6 Å². The quantitative estimate of drug-likeness (QED) is 0.583. The molecule has 0 radical (unpaired) electrons. The molecule has 102 valence electrons. The van der Waals surface area contributed by atoms with Crippen LogP contribution in [0.4, 0.5) is 11.6 Å². The van der Waals surface area contributed by atoms with E-state index in [9.17, 15) is 0 Å². The van der Waals surface area contributed by atoms with Gasteiger partial charge in [-0.1, -0.05) is 11.8 Å². The highest BCUT2D eigenvalue weighted by Crippen LogP contribution is 2.17. The predicted molar refractivity (Wildman–Crippen MR) is 79.6 cm³/mol. The van der Waals surface area contributed by atoms with E-state index in [1.165, 1.54) is 0 Å². The zero-order valence-corrected chi connectivity index (χ0v) is 12.6. The minimum absolute atomic E-state index is 0.459. The van der Waals surface area contributed by atoms with Crippen LogP contribution >= 0.6 is 11.8 Å². The Kier molecular flexibility index (Phi) is 6.21. The summed E-state index contributed by atoms with van der Waals surface area (Å²) in [5.74, 6) is 1.75. The van der Waals surface area contributed by atoms with Crippen molar-refractivity contribution in [2.24, 2.45) is 0 Å². The lowest BCUT2D eigenvalue weighted by Gasteiger charge is -2.20. The van der Waals surface area contributed by atoms with E-state index < -0.39 is 0 Å². The Morgan fingerprint density at radius 2 is 1.89 bits per heavy atom. The molecule has 0 bridgehead atoms. The van der Waals surface area contributed by atoms with Gasteiger partial charge in [0.2, 0.25) is 0 Å². The van der Waals surface area contributed by atoms with E-state index in [1.54, 1.807) is 11.8 Å². The number of nitrogens with zero attached hydrogens (tertiary/aromatic N) is 3. The lowest BCUT2D eigenvalue weighted by molar-refractivity contribution is 0.326. The van der Waals surface area contributed by atoms with Crippen LogP contribution in [0.25, 0.3) is 0 Å². The number of rotatable bonds is 7. The summed E-state index contributed by atoms with van der Waals surface area (Å²) in [6.07, 6.45) is 1.98. The van der Waals surface area contributed by atoms with Crippen molar-refractivity contribution in [3.05, 3.63) is 6.07 Å². The third-order valence-corrected chi connectivity index (χ3v) is 3.25. The Labute approximate surface area is 114 Å². The van der Waals surface area contributed by atoms with Gasteiger partial charge in [-0.25, -0.2) is 9.97 Å². The van der Waals surface area contributed by atoms with Crippen LogP contribution in [0.3, 0.4) is 0 Å². The maximum Gasteiger partial charge on any atom is 0.191 e. The first-order valence-electron chi connectivity index (χ1n) is 6.14. The highest BCUT2D eigenvalue weighted by molar-refractivity contribution is 7.98. The number of hydrogen-bond acceptors (Lipinski definition) is 6. The summed E-state index contributed by atoms with van der Waals surface area (Å²) >= 11 is 1.55. The number of hydrogen-bond donors (Lipinski definition) is 2. The number of thioether (sulfide) groups is 1. The lowest BCUT2D eigenvalue weighted by atomic mass is 10.3. The Bertz CT molecular complexity index is 369. The van der Waals surface area contributed by atoms with Crippen molar-refractivity contribution >= 4 is 23.4 Å². The summed E-state index contributed by atoms with van der Waals surface area (Å²) < 4.78 is 0. The fraction of sp³-hybridized carbons (Fsp3) is 0.667. The van der Waals surface area contributed by atoms with Crippen molar-refractivity contribution < 1.29 is 0 Å². The van der Waals surface area contributed by atoms with Crippen molar-refractivity contribution in [2.75, 3.05) is 44.1 Å². The van der Waals surface area contributed by atoms with Gasteiger partial charge < -0.3 is 15.5 Å². The van der Waals surface area contributed by atoms with E-state index in [0.29, 0.717) is 6.04 Å². The van der Waals surface area contributed by atoms with Crippen LogP contribution in [0.5, 0.6) is 0 Å². The van der Waals surface area contributed by atoms with Crippen LogP contribution in [0.2, 0.25) is 0 Å². The topological polar surface area (TPSA) is 53.1 Å². The smallest absolute Gasteiger partial charge is 0.191 e. The third-order valence-electron chi connectivity index (χ3n) is 2.71. The average Bonchev–Trinajstić information content (AvgIpc) is 2.35. The Morgan fingerprint density at radius 1 is 1.28 bits per heavy atom. The summed E-state index contributed by atoms with van der Waals surface area (Å²) in [4.78, 5) is 11.0.